The maximum Gasteiger partial charge on any atom is 0.330 e. The molecule has 98 valence electrons. The Hall–Kier alpha value is -0.0600. The maximum atomic E-state index is 11.4. The Morgan fingerprint density at radius 3 is 2.56 bits per heavy atom. The molecule has 0 amide bonds. The molecule has 4 fully saturated rings. The zero-order valence-electron chi connectivity index (χ0n) is 10.4. The van der Waals surface area contributed by atoms with E-state index in [2.05, 4.69) is 29.2 Å². The topological polar surface area (TPSA) is 26.3 Å². The van der Waals surface area contributed by atoms with Crippen LogP contribution in [0.2, 0.25) is 0 Å². The Morgan fingerprint density at radius 1 is 1.11 bits per heavy atom. The zero-order chi connectivity index (χ0) is 12.4. The number of ether oxygens (including phenoxy) is 1. The molecule has 0 aromatic heterocycles. The van der Waals surface area contributed by atoms with Crippen molar-refractivity contribution in [1.82, 2.24) is 0 Å². The predicted octanol–water partition coefficient (Wildman–Crippen LogP) is 3.20. The van der Waals surface area contributed by atoms with Gasteiger partial charge in [0.15, 0.2) is 0 Å². The number of hydrogen-bond donors (Lipinski definition) is 0. The van der Waals surface area contributed by atoms with Crippen molar-refractivity contribution in [3.05, 3.63) is 12.7 Å². The lowest BCUT2D eigenvalue weighted by atomic mass is 9.70. The van der Waals surface area contributed by atoms with E-state index in [9.17, 15) is 4.79 Å². The van der Waals surface area contributed by atoms with Crippen molar-refractivity contribution in [3.8, 4) is 0 Å². The Balaban J connectivity index is 1.55. The molecule has 4 aliphatic carbocycles. The molecule has 18 heavy (non-hydrogen) atoms. The lowest BCUT2D eigenvalue weighted by Gasteiger charge is -2.39. The van der Waals surface area contributed by atoms with Crippen LogP contribution in [0, 0.1) is 35.5 Å². The van der Waals surface area contributed by atoms with Gasteiger partial charge in [-0.1, -0.05) is 29.2 Å². The van der Waals surface area contributed by atoms with Gasteiger partial charge < -0.3 is 4.74 Å². The van der Waals surface area contributed by atoms with Crippen molar-refractivity contribution >= 4 is 28.6 Å². The number of alkyl halides is 1. The molecule has 8 unspecified atom stereocenters. The fraction of sp³-hybridized carbons (Fsp3) is 0.800. The summed E-state index contributed by atoms with van der Waals surface area (Å²) in [5, 5.41) is 0. The van der Waals surface area contributed by atoms with E-state index in [0.29, 0.717) is 5.92 Å². The monoisotopic (exact) mass is 358 g/mol. The Kier molecular flexibility index (Phi) is 2.59. The minimum Gasteiger partial charge on any atom is -0.459 e. The number of rotatable bonds is 2. The van der Waals surface area contributed by atoms with Gasteiger partial charge in [0.1, 0.15) is 6.10 Å². The van der Waals surface area contributed by atoms with E-state index in [1.54, 1.807) is 0 Å². The van der Waals surface area contributed by atoms with Crippen LogP contribution in [0.25, 0.3) is 0 Å². The van der Waals surface area contributed by atoms with Crippen LogP contribution >= 0.6 is 22.6 Å². The van der Waals surface area contributed by atoms with Crippen LogP contribution in [0.5, 0.6) is 0 Å². The summed E-state index contributed by atoms with van der Waals surface area (Å²) in [4.78, 5) is 11.4. The zero-order valence-corrected chi connectivity index (χ0v) is 12.6. The Labute approximate surface area is 122 Å². The normalized spacial score (nSPS) is 55.6. The summed E-state index contributed by atoms with van der Waals surface area (Å²) in [6, 6.07) is 0. The van der Waals surface area contributed by atoms with Gasteiger partial charge in [-0.15, -0.1) is 0 Å². The molecule has 4 saturated carbocycles. The van der Waals surface area contributed by atoms with Crippen LogP contribution in [0.1, 0.15) is 25.7 Å². The molecular formula is C15H19IO2. The first kappa shape index (κ1) is 11.7. The summed E-state index contributed by atoms with van der Waals surface area (Å²) in [6.45, 7) is 3.50. The number of fused-ring (bicyclic) bond motifs is 9. The van der Waals surface area contributed by atoms with Crippen LogP contribution in [0.4, 0.5) is 0 Å². The molecule has 4 bridgehead atoms. The Bertz CT molecular complexity index is 407. The van der Waals surface area contributed by atoms with Crippen LogP contribution in [0.15, 0.2) is 12.7 Å². The fourth-order valence-electron chi connectivity index (χ4n) is 5.79. The first-order valence-corrected chi connectivity index (χ1v) is 8.40. The van der Waals surface area contributed by atoms with Gasteiger partial charge in [0.2, 0.25) is 0 Å². The van der Waals surface area contributed by atoms with Crippen molar-refractivity contribution in [2.45, 2.75) is 35.7 Å². The van der Waals surface area contributed by atoms with Gasteiger partial charge in [-0.2, -0.15) is 0 Å². The van der Waals surface area contributed by atoms with Gasteiger partial charge in [0, 0.05) is 10.0 Å². The Morgan fingerprint density at radius 2 is 1.78 bits per heavy atom. The van der Waals surface area contributed by atoms with Crippen LogP contribution < -0.4 is 0 Å². The molecule has 0 radical (unpaired) electrons. The number of carbonyl (C=O) groups excluding carboxylic acids is 1. The number of esters is 1. The third-order valence-corrected chi connectivity index (χ3v) is 7.54. The molecule has 0 saturated heterocycles. The SMILES string of the molecule is C=CC(=O)OC1CC2CC1C1C3CC(I)C(C3)C21. The second-order valence-electron chi connectivity index (χ2n) is 6.64. The molecule has 4 aliphatic rings. The minimum atomic E-state index is -0.223. The van der Waals surface area contributed by atoms with Crippen LogP contribution in [-0.4, -0.2) is 16.0 Å². The molecule has 0 aromatic carbocycles. The maximum absolute atomic E-state index is 11.4. The van der Waals surface area contributed by atoms with Gasteiger partial charge in [0.25, 0.3) is 0 Å². The third kappa shape index (κ3) is 1.43. The van der Waals surface area contributed by atoms with E-state index in [1.165, 1.54) is 25.3 Å². The van der Waals surface area contributed by atoms with Gasteiger partial charge in [-0.3, -0.25) is 0 Å². The van der Waals surface area contributed by atoms with Crippen molar-refractivity contribution in [2.75, 3.05) is 0 Å². The number of carbonyl (C=O) groups is 1. The summed E-state index contributed by atoms with van der Waals surface area (Å²) in [7, 11) is 0. The minimum absolute atomic E-state index is 0.203. The molecule has 0 heterocycles. The lowest BCUT2D eigenvalue weighted by Crippen LogP contribution is -2.39. The molecule has 4 rings (SSSR count). The molecule has 0 aliphatic heterocycles. The summed E-state index contributed by atoms with van der Waals surface area (Å²) in [5.41, 5.74) is 0. The lowest BCUT2D eigenvalue weighted by molar-refractivity contribution is -0.147. The third-order valence-electron chi connectivity index (χ3n) is 6.11. The number of halogens is 1. The fourth-order valence-corrected chi connectivity index (χ4v) is 7.22. The summed E-state index contributed by atoms with van der Waals surface area (Å²) in [6.07, 6.45) is 6.83. The largest absolute Gasteiger partial charge is 0.459 e. The smallest absolute Gasteiger partial charge is 0.330 e. The number of hydrogen-bond acceptors (Lipinski definition) is 2. The second-order valence-corrected chi connectivity index (χ2v) is 8.24. The average Bonchev–Trinajstić information content (AvgIpc) is 3.04. The highest BCUT2D eigenvalue weighted by Gasteiger charge is 2.64. The summed E-state index contributed by atoms with van der Waals surface area (Å²) < 4.78 is 6.50. The van der Waals surface area contributed by atoms with Gasteiger partial charge >= 0.3 is 5.97 Å². The molecule has 0 aromatic rings. The van der Waals surface area contributed by atoms with E-state index in [1.807, 2.05) is 0 Å². The van der Waals surface area contributed by atoms with Crippen molar-refractivity contribution < 1.29 is 9.53 Å². The van der Waals surface area contributed by atoms with E-state index >= 15 is 0 Å². The molecule has 0 spiro atoms. The van der Waals surface area contributed by atoms with E-state index in [4.69, 9.17) is 4.74 Å². The van der Waals surface area contributed by atoms with E-state index in [0.717, 1.165) is 39.9 Å². The summed E-state index contributed by atoms with van der Waals surface area (Å²) in [5.74, 6) is 5.04. The molecular weight excluding hydrogens is 339 g/mol. The first-order chi connectivity index (χ1) is 8.69. The van der Waals surface area contributed by atoms with Crippen LogP contribution in [-0.2, 0) is 9.53 Å². The molecule has 3 heteroatoms. The van der Waals surface area contributed by atoms with Gasteiger partial charge in [-0.05, 0) is 61.2 Å². The standard InChI is InChI=1S/C15H19IO2/c1-2-13(17)18-12-6-8-4-10(12)15-7-3-9(14(8)15)11(16)5-7/h2,7-12,14-15H,1,3-6H2. The van der Waals surface area contributed by atoms with E-state index < -0.39 is 0 Å². The van der Waals surface area contributed by atoms with Crippen molar-refractivity contribution in [1.29, 1.82) is 0 Å². The quantitative estimate of drug-likeness (QED) is 0.249. The molecule has 2 nitrogen and oxygen atoms in total. The highest BCUT2D eigenvalue weighted by molar-refractivity contribution is 14.1. The average molecular weight is 358 g/mol. The highest BCUT2D eigenvalue weighted by atomic mass is 127. The van der Waals surface area contributed by atoms with Gasteiger partial charge in [0.05, 0.1) is 0 Å². The van der Waals surface area contributed by atoms with Crippen LogP contribution in [0.3, 0.4) is 0 Å². The van der Waals surface area contributed by atoms with Crippen molar-refractivity contribution in [3.63, 3.8) is 0 Å². The molecule has 8 atom stereocenters. The van der Waals surface area contributed by atoms with Gasteiger partial charge in [-0.25, -0.2) is 4.79 Å². The second kappa shape index (κ2) is 3.97. The summed E-state index contributed by atoms with van der Waals surface area (Å²) >= 11 is 2.67. The predicted molar refractivity (Wildman–Crippen MR) is 77.3 cm³/mol. The molecule has 0 N–H and O–H groups in total. The first-order valence-electron chi connectivity index (χ1n) is 7.16. The van der Waals surface area contributed by atoms with Crippen molar-refractivity contribution in [2.24, 2.45) is 35.5 Å². The van der Waals surface area contributed by atoms with E-state index in [-0.39, 0.29) is 12.1 Å². The highest BCUT2D eigenvalue weighted by Crippen LogP contribution is 2.68.